The van der Waals surface area contributed by atoms with Crippen LogP contribution in [0, 0.1) is 5.82 Å². The first-order chi connectivity index (χ1) is 15.1. The minimum Gasteiger partial charge on any atom is -0.344 e. The zero-order chi connectivity index (χ0) is 21.8. The van der Waals surface area contributed by atoms with Crippen molar-refractivity contribution in [1.29, 1.82) is 0 Å². The van der Waals surface area contributed by atoms with Crippen LogP contribution in [0.2, 0.25) is 0 Å². The molecular formula is C26H24FN3O. The molecule has 4 aromatic rings. The normalized spacial score (nSPS) is 11.8. The molecule has 0 radical (unpaired) electrons. The van der Waals surface area contributed by atoms with E-state index in [0.29, 0.717) is 29.3 Å². The van der Waals surface area contributed by atoms with Crippen molar-refractivity contribution in [3.63, 3.8) is 0 Å². The lowest BCUT2D eigenvalue weighted by molar-refractivity contribution is 0.0931. The summed E-state index contributed by atoms with van der Waals surface area (Å²) in [6.07, 6.45) is 0. The fourth-order valence-corrected chi connectivity index (χ4v) is 3.73. The first kappa shape index (κ1) is 20.5. The number of halogens is 1. The van der Waals surface area contributed by atoms with Crippen molar-refractivity contribution < 1.29 is 9.18 Å². The quantitative estimate of drug-likeness (QED) is 0.430. The molecule has 1 atom stereocenters. The smallest absolute Gasteiger partial charge is 0.270 e. The fraction of sp³-hybridized carbons (Fsp3) is 0.154. The summed E-state index contributed by atoms with van der Waals surface area (Å²) in [6, 6.07) is 25.5. The van der Waals surface area contributed by atoms with E-state index in [1.807, 2.05) is 79.1 Å². The minimum atomic E-state index is -0.367. The maximum atomic E-state index is 14.0. The van der Waals surface area contributed by atoms with E-state index in [4.69, 9.17) is 4.98 Å². The Morgan fingerprint density at radius 3 is 2.26 bits per heavy atom. The lowest BCUT2D eigenvalue weighted by atomic mass is 10.1. The van der Waals surface area contributed by atoms with Gasteiger partial charge >= 0.3 is 0 Å². The molecule has 4 nitrogen and oxygen atoms in total. The van der Waals surface area contributed by atoms with Gasteiger partial charge in [0.25, 0.3) is 5.91 Å². The van der Waals surface area contributed by atoms with Crippen LogP contribution < -0.4 is 5.32 Å². The van der Waals surface area contributed by atoms with Gasteiger partial charge in [-0.25, -0.2) is 9.37 Å². The highest BCUT2D eigenvalue weighted by molar-refractivity contribution is 5.99. The van der Waals surface area contributed by atoms with Crippen molar-refractivity contribution in [2.24, 2.45) is 0 Å². The highest BCUT2D eigenvalue weighted by Crippen LogP contribution is 2.30. The van der Waals surface area contributed by atoms with Crippen LogP contribution in [0.15, 0.2) is 84.9 Å². The first-order valence-electron chi connectivity index (χ1n) is 10.4. The number of hydrogen-bond donors (Lipinski definition) is 1. The van der Waals surface area contributed by atoms with E-state index in [1.54, 1.807) is 12.1 Å². The van der Waals surface area contributed by atoms with Gasteiger partial charge in [-0.3, -0.25) is 4.79 Å². The van der Waals surface area contributed by atoms with Gasteiger partial charge < -0.3 is 9.88 Å². The third-order valence-corrected chi connectivity index (χ3v) is 5.28. The Labute approximate surface area is 181 Å². The van der Waals surface area contributed by atoms with E-state index < -0.39 is 0 Å². The average molecular weight is 413 g/mol. The minimum absolute atomic E-state index is 0.186. The Bertz CT molecular complexity index is 1190. The second-order valence-corrected chi connectivity index (χ2v) is 7.36. The molecule has 1 heterocycles. The molecule has 31 heavy (non-hydrogen) atoms. The van der Waals surface area contributed by atoms with E-state index >= 15 is 0 Å². The van der Waals surface area contributed by atoms with Crippen LogP contribution in [0.3, 0.4) is 0 Å². The molecule has 0 saturated heterocycles. The van der Waals surface area contributed by atoms with Crippen molar-refractivity contribution in [1.82, 2.24) is 14.9 Å². The second-order valence-electron chi connectivity index (χ2n) is 7.36. The van der Waals surface area contributed by atoms with Crippen LogP contribution in [0.5, 0.6) is 0 Å². The number of aromatic nitrogens is 2. The average Bonchev–Trinajstić information content (AvgIpc) is 3.20. The van der Waals surface area contributed by atoms with Gasteiger partial charge in [0.05, 0.1) is 6.04 Å². The van der Waals surface area contributed by atoms with Gasteiger partial charge in [-0.05, 0) is 31.5 Å². The molecular weight excluding hydrogens is 389 g/mol. The Kier molecular flexibility index (Phi) is 5.94. The molecule has 1 aromatic heterocycles. The number of carbonyl (C=O) groups is 1. The predicted molar refractivity (Wildman–Crippen MR) is 121 cm³/mol. The third-order valence-electron chi connectivity index (χ3n) is 5.28. The SMILES string of the molecule is CCn1c(-c2ccccc2)nc(-c2cccc(F)c2)c1C(=O)NC(C)c1ccccc1. The summed E-state index contributed by atoms with van der Waals surface area (Å²) in [5, 5.41) is 3.08. The zero-order valence-electron chi connectivity index (χ0n) is 17.5. The molecule has 5 heteroatoms. The van der Waals surface area contributed by atoms with Crippen LogP contribution in [0.1, 0.15) is 35.9 Å². The van der Waals surface area contributed by atoms with Crippen molar-refractivity contribution in [2.75, 3.05) is 0 Å². The second kappa shape index (κ2) is 8.96. The van der Waals surface area contributed by atoms with Crippen LogP contribution in [-0.4, -0.2) is 15.5 Å². The van der Waals surface area contributed by atoms with Crippen LogP contribution >= 0.6 is 0 Å². The third kappa shape index (κ3) is 4.26. The predicted octanol–water partition coefficient (Wildman–Crippen LogP) is 5.87. The largest absolute Gasteiger partial charge is 0.344 e. The van der Waals surface area contributed by atoms with Crippen LogP contribution in [-0.2, 0) is 6.54 Å². The molecule has 0 aliphatic rings. The van der Waals surface area contributed by atoms with Gasteiger partial charge in [0.2, 0.25) is 0 Å². The number of imidazole rings is 1. The van der Waals surface area contributed by atoms with Crippen LogP contribution in [0.4, 0.5) is 4.39 Å². The Hall–Kier alpha value is -3.73. The van der Waals surface area contributed by atoms with Crippen molar-refractivity contribution in [3.8, 4) is 22.6 Å². The maximum Gasteiger partial charge on any atom is 0.270 e. The van der Waals surface area contributed by atoms with E-state index in [0.717, 1.165) is 11.1 Å². The summed E-state index contributed by atoms with van der Waals surface area (Å²) >= 11 is 0. The Morgan fingerprint density at radius 2 is 1.61 bits per heavy atom. The number of nitrogens with one attached hydrogen (secondary N) is 1. The first-order valence-corrected chi connectivity index (χ1v) is 10.4. The number of hydrogen-bond acceptors (Lipinski definition) is 2. The van der Waals surface area contributed by atoms with Crippen molar-refractivity contribution in [3.05, 3.63) is 102 Å². The highest BCUT2D eigenvalue weighted by atomic mass is 19.1. The number of nitrogens with zero attached hydrogens (tertiary/aromatic N) is 2. The summed E-state index contributed by atoms with van der Waals surface area (Å²) in [7, 11) is 0. The molecule has 3 aromatic carbocycles. The highest BCUT2D eigenvalue weighted by Gasteiger charge is 2.25. The lowest BCUT2D eigenvalue weighted by Crippen LogP contribution is -2.29. The molecule has 0 bridgehead atoms. The summed E-state index contributed by atoms with van der Waals surface area (Å²) in [5.41, 5.74) is 3.38. The maximum absolute atomic E-state index is 14.0. The molecule has 0 saturated carbocycles. The monoisotopic (exact) mass is 413 g/mol. The zero-order valence-corrected chi connectivity index (χ0v) is 17.5. The molecule has 1 N–H and O–H groups in total. The van der Waals surface area contributed by atoms with Gasteiger partial charge in [0.1, 0.15) is 23.0 Å². The van der Waals surface area contributed by atoms with Gasteiger partial charge in [-0.1, -0.05) is 72.8 Å². The fourth-order valence-electron chi connectivity index (χ4n) is 3.73. The molecule has 1 unspecified atom stereocenters. The van der Waals surface area contributed by atoms with E-state index in [2.05, 4.69) is 5.32 Å². The Morgan fingerprint density at radius 1 is 0.968 bits per heavy atom. The molecule has 0 aliphatic carbocycles. The lowest BCUT2D eigenvalue weighted by Gasteiger charge is -2.16. The van der Waals surface area contributed by atoms with Gasteiger partial charge in [0.15, 0.2) is 0 Å². The number of carbonyl (C=O) groups excluding carboxylic acids is 1. The molecule has 0 fully saturated rings. The molecule has 156 valence electrons. The molecule has 0 spiro atoms. The number of benzene rings is 3. The molecule has 0 aliphatic heterocycles. The van der Waals surface area contributed by atoms with Crippen molar-refractivity contribution >= 4 is 5.91 Å². The Balaban J connectivity index is 1.82. The topological polar surface area (TPSA) is 46.9 Å². The number of rotatable bonds is 6. The summed E-state index contributed by atoms with van der Waals surface area (Å²) < 4.78 is 15.9. The van der Waals surface area contributed by atoms with Gasteiger partial charge in [-0.15, -0.1) is 0 Å². The molecule has 1 amide bonds. The van der Waals surface area contributed by atoms with E-state index in [1.165, 1.54) is 12.1 Å². The van der Waals surface area contributed by atoms with Gasteiger partial charge in [-0.2, -0.15) is 0 Å². The standard InChI is InChI=1S/C26H24FN3O/c1-3-30-24(26(31)28-18(2)19-11-6-4-7-12-19)23(21-15-10-16-22(27)17-21)29-25(30)20-13-8-5-9-14-20/h4-18H,3H2,1-2H3,(H,28,31). The van der Waals surface area contributed by atoms with Crippen LogP contribution in [0.25, 0.3) is 22.6 Å². The number of amides is 1. The summed E-state index contributed by atoms with van der Waals surface area (Å²) in [5.74, 6) is 0.0702. The summed E-state index contributed by atoms with van der Waals surface area (Å²) in [4.78, 5) is 18.3. The van der Waals surface area contributed by atoms with Crippen molar-refractivity contribution in [2.45, 2.75) is 26.4 Å². The van der Waals surface area contributed by atoms with Gasteiger partial charge in [0, 0.05) is 17.7 Å². The van der Waals surface area contributed by atoms with E-state index in [-0.39, 0.29) is 17.8 Å². The summed E-state index contributed by atoms with van der Waals surface area (Å²) in [6.45, 7) is 4.47. The van der Waals surface area contributed by atoms with E-state index in [9.17, 15) is 9.18 Å². The molecule has 4 rings (SSSR count).